The standard InChI is InChI=1S/C20H14Br2N4O4/c1-3-7-30-19-15(22)8-12(9-17(19)26(28)29)11-23-25-18(4-2)24-16-6-5-13(21)10-14(16)20(25)27/h1,5-6,8-11H,4,7H2,2H3. The Labute approximate surface area is 188 Å². The van der Waals surface area contributed by atoms with Crippen molar-refractivity contribution in [1.82, 2.24) is 9.66 Å². The lowest BCUT2D eigenvalue weighted by atomic mass is 10.2. The molecule has 30 heavy (non-hydrogen) atoms. The van der Waals surface area contributed by atoms with Crippen molar-refractivity contribution in [3.05, 3.63) is 71.1 Å². The molecular weight excluding hydrogens is 520 g/mol. The van der Waals surface area contributed by atoms with Gasteiger partial charge in [0.15, 0.2) is 0 Å². The number of aryl methyl sites for hydroxylation is 1. The van der Waals surface area contributed by atoms with Crippen molar-refractivity contribution in [2.24, 2.45) is 5.10 Å². The Morgan fingerprint density at radius 1 is 1.37 bits per heavy atom. The third-order valence-corrected chi connectivity index (χ3v) is 5.14. The number of nitrogens with zero attached hydrogens (tertiary/aromatic N) is 4. The number of fused-ring (bicyclic) bond motifs is 1. The largest absolute Gasteiger partial charge is 0.473 e. The van der Waals surface area contributed by atoms with Crippen LogP contribution in [-0.4, -0.2) is 27.4 Å². The maximum absolute atomic E-state index is 12.9. The summed E-state index contributed by atoms with van der Waals surface area (Å²) in [6, 6.07) is 8.12. The molecule has 0 aliphatic rings. The van der Waals surface area contributed by atoms with Crippen LogP contribution in [0.2, 0.25) is 0 Å². The summed E-state index contributed by atoms with van der Waals surface area (Å²) < 4.78 is 7.55. The molecule has 0 N–H and O–H groups in total. The van der Waals surface area contributed by atoms with E-state index in [9.17, 15) is 14.9 Å². The Balaban J connectivity index is 2.10. The average molecular weight is 534 g/mol. The van der Waals surface area contributed by atoms with Crippen LogP contribution in [0.1, 0.15) is 18.3 Å². The van der Waals surface area contributed by atoms with E-state index in [-0.39, 0.29) is 23.6 Å². The Morgan fingerprint density at radius 2 is 2.13 bits per heavy atom. The molecule has 3 rings (SSSR count). The highest BCUT2D eigenvalue weighted by molar-refractivity contribution is 9.10. The number of benzene rings is 2. The van der Waals surface area contributed by atoms with Crippen molar-refractivity contribution in [2.75, 3.05) is 6.61 Å². The molecule has 2 aromatic carbocycles. The second-order valence-electron chi connectivity index (χ2n) is 6.01. The smallest absolute Gasteiger partial charge is 0.312 e. The second-order valence-corrected chi connectivity index (χ2v) is 7.78. The lowest BCUT2D eigenvalue weighted by Crippen LogP contribution is -2.22. The van der Waals surface area contributed by atoms with Gasteiger partial charge in [0, 0.05) is 22.5 Å². The van der Waals surface area contributed by atoms with Crippen molar-refractivity contribution >= 4 is 54.7 Å². The summed E-state index contributed by atoms with van der Waals surface area (Å²) in [5.74, 6) is 2.76. The van der Waals surface area contributed by atoms with E-state index in [1.807, 2.05) is 13.0 Å². The van der Waals surface area contributed by atoms with Crippen molar-refractivity contribution in [3.8, 4) is 18.1 Å². The van der Waals surface area contributed by atoms with Crippen LogP contribution in [0.5, 0.6) is 5.75 Å². The maximum atomic E-state index is 12.9. The number of aromatic nitrogens is 2. The molecule has 0 spiro atoms. The van der Waals surface area contributed by atoms with Gasteiger partial charge in [-0.2, -0.15) is 9.78 Å². The lowest BCUT2D eigenvalue weighted by Gasteiger charge is -2.09. The van der Waals surface area contributed by atoms with E-state index in [4.69, 9.17) is 11.2 Å². The van der Waals surface area contributed by atoms with Gasteiger partial charge in [-0.25, -0.2) is 4.98 Å². The van der Waals surface area contributed by atoms with Crippen LogP contribution >= 0.6 is 31.9 Å². The van der Waals surface area contributed by atoms with Crippen molar-refractivity contribution in [3.63, 3.8) is 0 Å². The van der Waals surface area contributed by atoms with Crippen LogP contribution < -0.4 is 10.3 Å². The molecule has 8 nitrogen and oxygen atoms in total. The molecule has 0 aliphatic carbocycles. The third kappa shape index (κ3) is 4.42. The molecule has 0 unspecified atom stereocenters. The zero-order valence-electron chi connectivity index (χ0n) is 15.6. The number of rotatable bonds is 6. The van der Waals surface area contributed by atoms with Crippen molar-refractivity contribution in [2.45, 2.75) is 13.3 Å². The van der Waals surface area contributed by atoms with Crippen LogP contribution in [0.4, 0.5) is 5.69 Å². The van der Waals surface area contributed by atoms with E-state index >= 15 is 0 Å². The van der Waals surface area contributed by atoms with Crippen LogP contribution in [0.3, 0.4) is 0 Å². The molecule has 0 fully saturated rings. The molecule has 1 heterocycles. The molecule has 10 heteroatoms. The highest BCUT2D eigenvalue weighted by Gasteiger charge is 2.20. The summed E-state index contributed by atoms with van der Waals surface area (Å²) >= 11 is 6.61. The number of nitro groups is 1. The topological polar surface area (TPSA) is 99.6 Å². The minimum Gasteiger partial charge on any atom is -0.473 e. The van der Waals surface area contributed by atoms with E-state index in [0.717, 1.165) is 4.47 Å². The van der Waals surface area contributed by atoms with Crippen molar-refractivity contribution < 1.29 is 9.66 Å². The normalized spacial score (nSPS) is 11.0. The van der Waals surface area contributed by atoms with Gasteiger partial charge in [-0.15, -0.1) is 6.42 Å². The number of hydrogen-bond donors (Lipinski definition) is 0. The minimum atomic E-state index is -0.577. The van der Waals surface area contributed by atoms with Gasteiger partial charge in [0.05, 0.1) is 26.5 Å². The minimum absolute atomic E-state index is 0.0266. The van der Waals surface area contributed by atoms with E-state index < -0.39 is 4.92 Å². The lowest BCUT2D eigenvalue weighted by molar-refractivity contribution is -0.385. The maximum Gasteiger partial charge on any atom is 0.312 e. The molecule has 1 aromatic heterocycles. The zero-order valence-corrected chi connectivity index (χ0v) is 18.8. The zero-order chi connectivity index (χ0) is 21.8. The van der Waals surface area contributed by atoms with Crippen LogP contribution in [0, 0.1) is 22.5 Å². The van der Waals surface area contributed by atoms with Gasteiger partial charge >= 0.3 is 5.69 Å². The summed E-state index contributed by atoms with van der Waals surface area (Å²) in [6.07, 6.45) is 6.99. The predicted octanol–water partition coefficient (Wildman–Crippen LogP) is 4.29. The number of hydrogen-bond acceptors (Lipinski definition) is 6. The van der Waals surface area contributed by atoms with Gasteiger partial charge in [-0.3, -0.25) is 14.9 Å². The SMILES string of the molecule is C#CCOc1c(Br)cc(C=Nn2c(CC)nc3ccc(Br)cc3c2=O)cc1[N+](=O)[O-]. The molecule has 152 valence electrons. The van der Waals surface area contributed by atoms with E-state index in [1.54, 1.807) is 18.2 Å². The Bertz CT molecular complexity index is 1280. The van der Waals surface area contributed by atoms with E-state index in [1.165, 1.54) is 17.0 Å². The van der Waals surface area contributed by atoms with Crippen LogP contribution in [0.15, 0.2) is 49.2 Å². The molecule has 0 saturated heterocycles. The average Bonchev–Trinajstić information content (AvgIpc) is 2.72. The Hall–Kier alpha value is -3.03. The molecule has 0 atom stereocenters. The summed E-state index contributed by atoms with van der Waals surface area (Å²) in [4.78, 5) is 28.3. The second kappa shape index (κ2) is 9.19. The molecule has 3 aromatic rings. The number of terminal acetylenes is 1. The Kier molecular flexibility index (Phi) is 6.64. The van der Waals surface area contributed by atoms with Crippen molar-refractivity contribution in [1.29, 1.82) is 0 Å². The first kappa shape index (κ1) is 21.7. The van der Waals surface area contributed by atoms with Gasteiger partial charge < -0.3 is 4.74 Å². The summed E-state index contributed by atoms with van der Waals surface area (Å²) in [5, 5.41) is 16.1. The molecule has 0 bridgehead atoms. The van der Waals surface area contributed by atoms with Gasteiger partial charge in [0.2, 0.25) is 5.75 Å². The van der Waals surface area contributed by atoms with Gasteiger partial charge in [-0.1, -0.05) is 28.8 Å². The number of halogens is 2. The van der Waals surface area contributed by atoms with Crippen LogP contribution in [0.25, 0.3) is 10.9 Å². The fourth-order valence-corrected chi connectivity index (χ4v) is 3.68. The molecule has 0 radical (unpaired) electrons. The third-order valence-electron chi connectivity index (χ3n) is 4.06. The molecule has 0 aliphatic heterocycles. The highest BCUT2D eigenvalue weighted by atomic mass is 79.9. The first-order valence-electron chi connectivity index (χ1n) is 8.65. The van der Waals surface area contributed by atoms with Crippen LogP contribution in [-0.2, 0) is 6.42 Å². The number of ether oxygens (including phenoxy) is 1. The highest BCUT2D eigenvalue weighted by Crippen LogP contribution is 2.36. The van der Waals surface area contributed by atoms with E-state index in [0.29, 0.717) is 33.2 Å². The summed E-state index contributed by atoms with van der Waals surface area (Å²) in [6.45, 7) is 1.75. The summed E-state index contributed by atoms with van der Waals surface area (Å²) in [5.41, 5.74) is 0.353. The predicted molar refractivity (Wildman–Crippen MR) is 121 cm³/mol. The first-order valence-corrected chi connectivity index (χ1v) is 10.2. The fraction of sp³-hybridized carbons (Fsp3) is 0.150. The Morgan fingerprint density at radius 3 is 2.80 bits per heavy atom. The van der Waals surface area contributed by atoms with Gasteiger partial charge in [-0.05, 0) is 40.2 Å². The monoisotopic (exact) mass is 532 g/mol. The number of nitro benzene ring substituents is 1. The molecular formula is C20H14Br2N4O4. The first-order chi connectivity index (χ1) is 14.3. The van der Waals surface area contributed by atoms with E-state index in [2.05, 4.69) is 47.9 Å². The van der Waals surface area contributed by atoms with Gasteiger partial charge in [0.25, 0.3) is 5.56 Å². The molecule has 0 amide bonds. The quantitative estimate of drug-likeness (QED) is 0.204. The summed E-state index contributed by atoms with van der Waals surface area (Å²) in [7, 11) is 0. The van der Waals surface area contributed by atoms with Gasteiger partial charge in [0.1, 0.15) is 12.4 Å². The fourth-order valence-electron chi connectivity index (χ4n) is 2.73. The molecule has 0 saturated carbocycles.